The largest absolute Gasteiger partial charge is 0.369 e. The van der Waals surface area contributed by atoms with Gasteiger partial charge in [0.1, 0.15) is 0 Å². The Hall–Kier alpha value is -2.38. The van der Waals surface area contributed by atoms with Crippen LogP contribution in [0, 0.1) is 0 Å². The molecule has 2 aliphatic rings. The molecule has 26 heavy (non-hydrogen) atoms. The summed E-state index contributed by atoms with van der Waals surface area (Å²) < 4.78 is 27.6. The molecule has 2 aromatic carbocycles. The number of para-hydroxylation sites is 1. The molecule has 2 aromatic rings. The molecule has 1 saturated heterocycles. The fourth-order valence-electron chi connectivity index (χ4n) is 3.53. The summed E-state index contributed by atoms with van der Waals surface area (Å²) in [6.07, 6.45) is 0. The van der Waals surface area contributed by atoms with Crippen molar-refractivity contribution in [1.29, 1.82) is 0 Å². The smallest absolute Gasteiger partial charge is 0.243 e. The Kier molecular flexibility index (Phi) is 4.20. The molecule has 1 fully saturated rings. The van der Waals surface area contributed by atoms with Crippen molar-refractivity contribution in [2.45, 2.75) is 17.7 Å². The van der Waals surface area contributed by atoms with Crippen LogP contribution >= 0.6 is 0 Å². The lowest BCUT2D eigenvalue weighted by Gasteiger charge is -2.35. The number of nitrogens with zero attached hydrogens (tertiary/aromatic N) is 2. The number of sulfonamides is 1. The molecule has 6 nitrogen and oxygen atoms in total. The van der Waals surface area contributed by atoms with Crippen molar-refractivity contribution in [1.82, 2.24) is 4.31 Å². The summed E-state index contributed by atoms with van der Waals surface area (Å²) in [5.41, 5.74) is 2.56. The minimum atomic E-state index is -3.56. The molecule has 136 valence electrons. The number of fused-ring (bicyclic) bond motifs is 1. The van der Waals surface area contributed by atoms with E-state index in [0.717, 1.165) is 11.3 Å². The molecule has 0 aliphatic carbocycles. The summed E-state index contributed by atoms with van der Waals surface area (Å²) in [4.78, 5) is 14.2. The maximum atomic E-state index is 13.0. The third kappa shape index (κ3) is 2.87. The van der Waals surface area contributed by atoms with E-state index in [1.54, 1.807) is 25.1 Å². The van der Waals surface area contributed by atoms with Crippen LogP contribution in [0.15, 0.2) is 53.4 Å². The number of hydrogen-bond donors (Lipinski definition) is 1. The van der Waals surface area contributed by atoms with E-state index in [-0.39, 0.29) is 16.7 Å². The van der Waals surface area contributed by atoms with Crippen LogP contribution in [0.4, 0.5) is 11.4 Å². The highest BCUT2D eigenvalue weighted by atomic mass is 32.2. The van der Waals surface area contributed by atoms with E-state index in [1.165, 1.54) is 4.31 Å². The van der Waals surface area contributed by atoms with Crippen LogP contribution < -0.4 is 10.2 Å². The molecule has 0 saturated carbocycles. The van der Waals surface area contributed by atoms with E-state index in [9.17, 15) is 13.2 Å². The molecule has 0 spiro atoms. The van der Waals surface area contributed by atoms with E-state index in [2.05, 4.69) is 10.2 Å². The summed E-state index contributed by atoms with van der Waals surface area (Å²) in [5, 5.41) is 2.78. The first-order valence-electron chi connectivity index (χ1n) is 8.72. The molecule has 4 rings (SSSR count). The Bertz CT molecular complexity index is 936. The van der Waals surface area contributed by atoms with Crippen LogP contribution in [0.25, 0.3) is 0 Å². The molecule has 2 aliphatic heterocycles. The molecule has 1 N–H and O–H groups in total. The monoisotopic (exact) mass is 371 g/mol. The first-order chi connectivity index (χ1) is 12.5. The first-order valence-corrected chi connectivity index (χ1v) is 10.2. The molecule has 0 radical (unpaired) electrons. The van der Waals surface area contributed by atoms with Crippen molar-refractivity contribution in [2.75, 3.05) is 36.4 Å². The van der Waals surface area contributed by atoms with Gasteiger partial charge in [0.25, 0.3) is 0 Å². The van der Waals surface area contributed by atoms with Crippen molar-refractivity contribution in [2.24, 2.45) is 0 Å². The average Bonchev–Trinajstić information content (AvgIpc) is 2.96. The molecule has 1 atom stereocenters. The van der Waals surface area contributed by atoms with Crippen LogP contribution in [0.1, 0.15) is 18.4 Å². The fraction of sp³-hybridized carbons (Fsp3) is 0.316. The second-order valence-corrected chi connectivity index (χ2v) is 8.62. The van der Waals surface area contributed by atoms with Crippen molar-refractivity contribution < 1.29 is 13.2 Å². The predicted octanol–water partition coefficient (Wildman–Crippen LogP) is 2.25. The van der Waals surface area contributed by atoms with Gasteiger partial charge in [-0.15, -0.1) is 0 Å². The van der Waals surface area contributed by atoms with Gasteiger partial charge in [-0.25, -0.2) is 8.42 Å². The lowest BCUT2D eigenvalue weighted by molar-refractivity contribution is -0.116. The molecule has 0 bridgehead atoms. The summed E-state index contributed by atoms with van der Waals surface area (Å²) in [6, 6.07) is 14.9. The summed E-state index contributed by atoms with van der Waals surface area (Å²) in [5.74, 6) is -0.416. The summed E-state index contributed by atoms with van der Waals surface area (Å²) in [7, 11) is -3.56. The van der Waals surface area contributed by atoms with Gasteiger partial charge in [0.05, 0.1) is 10.8 Å². The summed E-state index contributed by atoms with van der Waals surface area (Å²) >= 11 is 0. The van der Waals surface area contributed by atoms with Gasteiger partial charge < -0.3 is 10.2 Å². The van der Waals surface area contributed by atoms with Crippen molar-refractivity contribution >= 4 is 27.3 Å². The highest BCUT2D eigenvalue weighted by molar-refractivity contribution is 7.89. The zero-order chi connectivity index (χ0) is 18.3. The number of nitrogens with one attached hydrogen (secondary N) is 1. The first kappa shape index (κ1) is 17.1. The third-order valence-electron chi connectivity index (χ3n) is 5.14. The number of carbonyl (C=O) groups is 1. The van der Waals surface area contributed by atoms with Gasteiger partial charge in [-0.2, -0.15) is 4.31 Å². The van der Waals surface area contributed by atoms with Gasteiger partial charge in [-0.3, -0.25) is 4.79 Å². The number of rotatable bonds is 3. The second-order valence-electron chi connectivity index (χ2n) is 6.69. The van der Waals surface area contributed by atoms with Gasteiger partial charge in [0.15, 0.2) is 0 Å². The number of benzene rings is 2. The van der Waals surface area contributed by atoms with Gasteiger partial charge in [0.2, 0.25) is 15.9 Å². The maximum Gasteiger partial charge on any atom is 0.243 e. The highest BCUT2D eigenvalue weighted by Crippen LogP contribution is 2.34. The number of hydrogen-bond acceptors (Lipinski definition) is 4. The lowest BCUT2D eigenvalue weighted by Crippen LogP contribution is -2.48. The third-order valence-corrected chi connectivity index (χ3v) is 7.03. The predicted molar refractivity (Wildman–Crippen MR) is 101 cm³/mol. The summed E-state index contributed by atoms with van der Waals surface area (Å²) in [6.45, 7) is 3.99. The second kappa shape index (κ2) is 6.41. The van der Waals surface area contributed by atoms with E-state index in [0.29, 0.717) is 31.9 Å². The van der Waals surface area contributed by atoms with Gasteiger partial charge in [0, 0.05) is 37.6 Å². The lowest BCUT2D eigenvalue weighted by atomic mass is 10.0. The molecule has 0 unspecified atom stereocenters. The van der Waals surface area contributed by atoms with Gasteiger partial charge in [-0.1, -0.05) is 18.2 Å². The number of carbonyl (C=O) groups excluding carboxylic acids is 1. The topological polar surface area (TPSA) is 69.7 Å². The van der Waals surface area contributed by atoms with Crippen LogP contribution in [-0.4, -0.2) is 44.8 Å². The SMILES string of the molecule is C[C@@H]1C(=O)Nc2ccc(S(=O)(=O)N3CCN(c4ccccc4)CC3)cc21. The average molecular weight is 371 g/mol. The van der Waals surface area contributed by atoms with Crippen molar-refractivity contribution in [3.05, 3.63) is 54.1 Å². The Labute approximate surface area is 153 Å². The fourth-order valence-corrected chi connectivity index (χ4v) is 4.99. The van der Waals surface area contributed by atoms with Crippen molar-refractivity contribution in [3.8, 4) is 0 Å². The highest BCUT2D eigenvalue weighted by Gasteiger charge is 2.32. The van der Waals surface area contributed by atoms with E-state index < -0.39 is 10.0 Å². The van der Waals surface area contributed by atoms with Crippen LogP contribution in [0.5, 0.6) is 0 Å². The standard InChI is InChI=1S/C19H21N3O3S/c1-14-17-13-16(7-8-18(17)20-19(14)23)26(24,25)22-11-9-21(10-12-22)15-5-3-2-4-6-15/h2-8,13-14H,9-12H2,1H3,(H,20,23)/t14-/m0/s1. The van der Waals surface area contributed by atoms with E-state index >= 15 is 0 Å². The number of piperazine rings is 1. The Morgan fingerprint density at radius 3 is 2.38 bits per heavy atom. The molecule has 0 aromatic heterocycles. The minimum absolute atomic E-state index is 0.0916. The zero-order valence-electron chi connectivity index (χ0n) is 14.6. The molecular weight excluding hydrogens is 350 g/mol. The van der Waals surface area contributed by atoms with Crippen LogP contribution in [0.2, 0.25) is 0 Å². The van der Waals surface area contributed by atoms with E-state index in [4.69, 9.17) is 0 Å². The van der Waals surface area contributed by atoms with Crippen LogP contribution in [0.3, 0.4) is 0 Å². The van der Waals surface area contributed by atoms with Gasteiger partial charge in [-0.05, 0) is 42.8 Å². The minimum Gasteiger partial charge on any atom is -0.369 e. The van der Waals surface area contributed by atoms with Crippen LogP contribution in [-0.2, 0) is 14.8 Å². The molecule has 7 heteroatoms. The molecule has 2 heterocycles. The molecule has 1 amide bonds. The Balaban J connectivity index is 1.53. The van der Waals surface area contributed by atoms with Crippen molar-refractivity contribution in [3.63, 3.8) is 0 Å². The quantitative estimate of drug-likeness (QED) is 0.898. The van der Waals surface area contributed by atoms with E-state index in [1.807, 2.05) is 30.3 Å². The zero-order valence-corrected chi connectivity index (χ0v) is 15.4. The number of anilines is 2. The Morgan fingerprint density at radius 2 is 1.69 bits per heavy atom. The Morgan fingerprint density at radius 1 is 1.00 bits per heavy atom. The number of amides is 1. The normalized spacial score (nSPS) is 20.7. The van der Waals surface area contributed by atoms with Gasteiger partial charge >= 0.3 is 0 Å². The molecular formula is C19H21N3O3S. The maximum absolute atomic E-state index is 13.0.